The molecule has 3 rings (SSSR count). The van der Waals surface area contributed by atoms with Gasteiger partial charge in [-0.15, -0.1) is 0 Å². The summed E-state index contributed by atoms with van der Waals surface area (Å²) in [6.45, 7) is 0. The van der Waals surface area contributed by atoms with E-state index in [0.29, 0.717) is 11.1 Å². The lowest BCUT2D eigenvalue weighted by Crippen LogP contribution is -2.12. The van der Waals surface area contributed by atoms with E-state index in [9.17, 15) is 4.79 Å². The van der Waals surface area contributed by atoms with E-state index in [1.165, 1.54) is 0 Å². The first kappa shape index (κ1) is 12.0. The van der Waals surface area contributed by atoms with Gasteiger partial charge >= 0.3 is 0 Å². The van der Waals surface area contributed by atoms with Crippen molar-refractivity contribution in [2.45, 2.75) is 0 Å². The molecule has 20 heavy (non-hydrogen) atoms. The Kier molecular flexibility index (Phi) is 2.73. The molecule has 3 aromatic rings. The molecule has 0 saturated carbocycles. The molecule has 1 amide bonds. The predicted molar refractivity (Wildman–Crippen MR) is 77.0 cm³/mol. The van der Waals surface area contributed by atoms with Crippen molar-refractivity contribution in [1.29, 1.82) is 5.26 Å². The number of fused-ring (bicyclic) bond motifs is 1. The Bertz CT molecular complexity index is 856. The highest BCUT2D eigenvalue weighted by Crippen LogP contribution is 2.28. The smallest absolute Gasteiger partial charge is 0.249 e. The van der Waals surface area contributed by atoms with Crippen molar-refractivity contribution in [2.24, 2.45) is 5.73 Å². The Labute approximate surface area is 115 Å². The quantitative estimate of drug-likeness (QED) is 0.743. The Morgan fingerprint density at radius 3 is 2.75 bits per heavy atom. The highest BCUT2D eigenvalue weighted by molar-refractivity contribution is 6.01. The van der Waals surface area contributed by atoms with Gasteiger partial charge in [-0.3, -0.25) is 4.79 Å². The number of benzene rings is 2. The fourth-order valence-electron chi connectivity index (χ4n) is 2.33. The van der Waals surface area contributed by atoms with E-state index in [-0.39, 0.29) is 0 Å². The van der Waals surface area contributed by atoms with E-state index in [1.807, 2.05) is 30.3 Å². The molecule has 4 heteroatoms. The second-order valence-electron chi connectivity index (χ2n) is 4.48. The van der Waals surface area contributed by atoms with Crippen molar-refractivity contribution in [1.82, 2.24) is 4.98 Å². The van der Waals surface area contributed by atoms with E-state index in [0.717, 1.165) is 22.0 Å². The van der Waals surface area contributed by atoms with E-state index in [1.54, 1.807) is 18.3 Å². The zero-order valence-corrected chi connectivity index (χ0v) is 10.6. The standard InChI is InChI=1S/C16H11N3O/c17-8-11-9-19-15-6-5-10(7-14(11)15)12-3-1-2-4-13(12)16(18)20/h1-7,9,19H,(H2,18,20). The van der Waals surface area contributed by atoms with Gasteiger partial charge in [-0.2, -0.15) is 5.26 Å². The third-order valence-corrected chi connectivity index (χ3v) is 3.31. The second-order valence-corrected chi connectivity index (χ2v) is 4.48. The predicted octanol–water partition coefficient (Wildman–Crippen LogP) is 2.81. The van der Waals surface area contributed by atoms with Crippen LogP contribution in [-0.4, -0.2) is 10.9 Å². The van der Waals surface area contributed by atoms with E-state index in [4.69, 9.17) is 11.0 Å². The molecular formula is C16H11N3O. The average Bonchev–Trinajstić information content (AvgIpc) is 2.89. The zero-order chi connectivity index (χ0) is 14.1. The number of aromatic amines is 1. The number of hydrogen-bond donors (Lipinski definition) is 2. The summed E-state index contributed by atoms with van der Waals surface area (Å²) in [5.74, 6) is -0.463. The monoisotopic (exact) mass is 261 g/mol. The maximum absolute atomic E-state index is 11.5. The normalized spacial score (nSPS) is 10.3. The summed E-state index contributed by atoms with van der Waals surface area (Å²) in [7, 11) is 0. The molecule has 0 aliphatic rings. The number of amides is 1. The summed E-state index contributed by atoms with van der Waals surface area (Å²) >= 11 is 0. The molecule has 2 aromatic carbocycles. The van der Waals surface area contributed by atoms with Crippen molar-refractivity contribution < 1.29 is 4.79 Å². The van der Waals surface area contributed by atoms with Gasteiger partial charge < -0.3 is 10.7 Å². The molecule has 0 unspecified atom stereocenters. The number of carbonyl (C=O) groups is 1. The van der Waals surface area contributed by atoms with Gasteiger partial charge in [-0.05, 0) is 29.3 Å². The lowest BCUT2D eigenvalue weighted by atomic mass is 9.97. The summed E-state index contributed by atoms with van der Waals surface area (Å²) < 4.78 is 0. The molecule has 0 fully saturated rings. The molecule has 0 aliphatic heterocycles. The van der Waals surface area contributed by atoms with Gasteiger partial charge in [0.1, 0.15) is 6.07 Å². The van der Waals surface area contributed by atoms with E-state index >= 15 is 0 Å². The Morgan fingerprint density at radius 2 is 2.00 bits per heavy atom. The summed E-state index contributed by atoms with van der Waals surface area (Å²) in [6, 6.07) is 15.0. The minimum atomic E-state index is -0.463. The number of hydrogen-bond acceptors (Lipinski definition) is 2. The highest BCUT2D eigenvalue weighted by atomic mass is 16.1. The molecule has 1 heterocycles. The van der Waals surface area contributed by atoms with Crippen LogP contribution < -0.4 is 5.73 Å². The van der Waals surface area contributed by atoms with Crippen molar-refractivity contribution >= 4 is 16.8 Å². The molecule has 0 spiro atoms. The Balaban J connectivity index is 2.25. The topological polar surface area (TPSA) is 82.7 Å². The molecule has 1 aromatic heterocycles. The SMILES string of the molecule is N#Cc1c[nH]c2ccc(-c3ccccc3C(N)=O)cc12. The third-order valence-electron chi connectivity index (χ3n) is 3.31. The molecule has 4 nitrogen and oxygen atoms in total. The molecular weight excluding hydrogens is 250 g/mol. The molecule has 0 bridgehead atoms. The number of nitriles is 1. The lowest BCUT2D eigenvalue weighted by molar-refractivity contribution is 0.100. The number of nitrogens with one attached hydrogen (secondary N) is 1. The van der Waals surface area contributed by atoms with Gasteiger partial charge in [0, 0.05) is 22.7 Å². The fraction of sp³-hybridized carbons (Fsp3) is 0. The lowest BCUT2D eigenvalue weighted by Gasteiger charge is -2.07. The first-order valence-electron chi connectivity index (χ1n) is 6.11. The Hall–Kier alpha value is -3.06. The van der Waals surface area contributed by atoms with E-state index < -0.39 is 5.91 Å². The fourth-order valence-corrected chi connectivity index (χ4v) is 2.33. The number of H-pyrrole nitrogens is 1. The molecule has 0 saturated heterocycles. The van der Waals surface area contributed by atoms with Gasteiger partial charge in [-0.25, -0.2) is 0 Å². The number of nitrogens with zero attached hydrogens (tertiary/aromatic N) is 1. The number of rotatable bonds is 2. The van der Waals surface area contributed by atoms with Crippen LogP contribution in [0.2, 0.25) is 0 Å². The van der Waals surface area contributed by atoms with Gasteiger partial charge in [0.25, 0.3) is 0 Å². The van der Waals surface area contributed by atoms with Crippen LogP contribution in [0.1, 0.15) is 15.9 Å². The zero-order valence-electron chi connectivity index (χ0n) is 10.6. The summed E-state index contributed by atoms with van der Waals surface area (Å²) in [5.41, 5.74) is 8.98. The van der Waals surface area contributed by atoms with Gasteiger partial charge in [-0.1, -0.05) is 24.3 Å². The minimum absolute atomic E-state index is 0.463. The number of aromatic nitrogens is 1. The summed E-state index contributed by atoms with van der Waals surface area (Å²) in [5, 5.41) is 9.92. The van der Waals surface area contributed by atoms with Crippen molar-refractivity contribution in [3.8, 4) is 17.2 Å². The van der Waals surface area contributed by atoms with Crippen LogP contribution in [-0.2, 0) is 0 Å². The largest absolute Gasteiger partial charge is 0.366 e. The summed E-state index contributed by atoms with van der Waals surface area (Å²) in [6.07, 6.45) is 1.68. The minimum Gasteiger partial charge on any atom is -0.366 e. The van der Waals surface area contributed by atoms with E-state index in [2.05, 4.69) is 11.1 Å². The maximum atomic E-state index is 11.5. The van der Waals surface area contributed by atoms with Crippen LogP contribution in [0, 0.1) is 11.3 Å². The van der Waals surface area contributed by atoms with Crippen LogP contribution in [0.5, 0.6) is 0 Å². The van der Waals surface area contributed by atoms with Crippen LogP contribution in [0.15, 0.2) is 48.7 Å². The molecule has 0 atom stereocenters. The second kappa shape index (κ2) is 4.56. The van der Waals surface area contributed by atoms with Crippen LogP contribution >= 0.6 is 0 Å². The molecule has 0 aliphatic carbocycles. The first-order valence-corrected chi connectivity index (χ1v) is 6.11. The maximum Gasteiger partial charge on any atom is 0.249 e. The molecule has 96 valence electrons. The number of carbonyl (C=O) groups excluding carboxylic acids is 1. The highest BCUT2D eigenvalue weighted by Gasteiger charge is 2.11. The van der Waals surface area contributed by atoms with Gasteiger partial charge in [0.15, 0.2) is 0 Å². The molecule has 3 N–H and O–H groups in total. The summed E-state index contributed by atoms with van der Waals surface area (Å²) in [4.78, 5) is 14.5. The van der Waals surface area contributed by atoms with Gasteiger partial charge in [0.05, 0.1) is 5.56 Å². The number of nitrogens with two attached hydrogens (primary N) is 1. The van der Waals surface area contributed by atoms with Crippen molar-refractivity contribution in [3.63, 3.8) is 0 Å². The van der Waals surface area contributed by atoms with Gasteiger partial charge in [0.2, 0.25) is 5.91 Å². The van der Waals surface area contributed by atoms with Crippen molar-refractivity contribution in [3.05, 3.63) is 59.8 Å². The van der Waals surface area contributed by atoms with Crippen LogP contribution in [0.3, 0.4) is 0 Å². The average molecular weight is 261 g/mol. The molecule has 0 radical (unpaired) electrons. The third kappa shape index (κ3) is 1.82. The first-order chi connectivity index (χ1) is 9.70. The van der Waals surface area contributed by atoms with Crippen molar-refractivity contribution in [2.75, 3.05) is 0 Å². The number of primary amides is 1. The van der Waals surface area contributed by atoms with Crippen LogP contribution in [0.25, 0.3) is 22.0 Å². The van der Waals surface area contributed by atoms with Crippen LogP contribution in [0.4, 0.5) is 0 Å². The Morgan fingerprint density at radius 1 is 1.20 bits per heavy atom.